The predicted octanol–water partition coefficient (Wildman–Crippen LogP) is 9.71. The highest BCUT2D eigenvalue weighted by molar-refractivity contribution is 5.78. The predicted molar refractivity (Wildman–Crippen MR) is 219 cm³/mol. The van der Waals surface area contributed by atoms with Crippen LogP contribution < -0.4 is 10.8 Å². The van der Waals surface area contributed by atoms with E-state index in [0.717, 1.165) is 59.4 Å². The Morgan fingerprint density at radius 1 is 0.691 bits per heavy atom. The Morgan fingerprint density at radius 3 is 1.95 bits per heavy atom. The number of hydrogen-bond donors (Lipinski definition) is 4. The zero-order valence-corrected chi connectivity index (χ0v) is 33.5. The van der Waals surface area contributed by atoms with Crippen molar-refractivity contribution in [1.29, 1.82) is 0 Å². The summed E-state index contributed by atoms with van der Waals surface area (Å²) in [5, 5.41) is 21.2. The Morgan fingerprint density at radius 2 is 1.31 bits per heavy atom. The van der Waals surface area contributed by atoms with Gasteiger partial charge in [0.15, 0.2) is 6.29 Å². The number of aliphatic hydroxyl groups excluding tert-OH is 1. The summed E-state index contributed by atoms with van der Waals surface area (Å²) in [5.74, 6) is -0.632. The Hall–Kier alpha value is -3.60. The average Bonchev–Trinajstić information content (AvgIpc) is 3.22. The van der Waals surface area contributed by atoms with Crippen LogP contribution in [0.3, 0.4) is 0 Å². The maximum absolute atomic E-state index is 12.3. The Labute approximate surface area is 330 Å². The van der Waals surface area contributed by atoms with E-state index in [4.69, 9.17) is 14.7 Å². The second-order valence-electron chi connectivity index (χ2n) is 15.2. The molecule has 1 heterocycles. The third-order valence-corrected chi connectivity index (χ3v) is 10.6. The summed E-state index contributed by atoms with van der Waals surface area (Å²) < 4.78 is 13.5. The van der Waals surface area contributed by atoms with Gasteiger partial charge in [-0.2, -0.15) is 0 Å². The summed E-state index contributed by atoms with van der Waals surface area (Å²) in [5.41, 5.74) is 7.63. The molecule has 3 aromatic carbocycles. The van der Waals surface area contributed by atoms with E-state index in [-0.39, 0.29) is 37.6 Å². The van der Waals surface area contributed by atoms with E-state index >= 15 is 0 Å². The fraction of sp³-hybridized carbons (Fsp3) is 0.565. The zero-order chi connectivity index (χ0) is 39.1. The number of carbonyl (C=O) groups is 2. The van der Waals surface area contributed by atoms with Crippen LogP contribution in [0.25, 0.3) is 11.1 Å². The van der Waals surface area contributed by atoms with Crippen molar-refractivity contribution < 1.29 is 29.4 Å². The molecule has 0 radical (unpaired) electrons. The van der Waals surface area contributed by atoms with E-state index in [1.807, 2.05) is 24.3 Å². The van der Waals surface area contributed by atoms with Crippen molar-refractivity contribution >= 4 is 11.8 Å². The van der Waals surface area contributed by atoms with Gasteiger partial charge in [-0.3, -0.25) is 14.8 Å². The number of unbranched alkanes of at least 4 members (excludes halogenated alkanes) is 10. The van der Waals surface area contributed by atoms with E-state index in [0.29, 0.717) is 13.0 Å². The second-order valence-corrected chi connectivity index (χ2v) is 15.2. The Kier molecular flexibility index (Phi) is 20.5. The van der Waals surface area contributed by atoms with Crippen LogP contribution in [0.2, 0.25) is 0 Å². The average molecular weight is 758 g/mol. The molecule has 4 rings (SSSR count). The maximum Gasteiger partial charge on any atom is 0.243 e. The molecule has 1 aliphatic rings. The third-order valence-electron chi connectivity index (χ3n) is 10.6. The van der Waals surface area contributed by atoms with E-state index < -0.39 is 12.2 Å². The second kappa shape index (κ2) is 25.5. The Balaban J connectivity index is 1.43. The van der Waals surface area contributed by atoms with Crippen LogP contribution in [0.1, 0.15) is 151 Å². The van der Waals surface area contributed by atoms with Crippen LogP contribution in [-0.4, -0.2) is 52.8 Å². The molecule has 1 fully saturated rings. The van der Waals surface area contributed by atoms with Gasteiger partial charge in [0.2, 0.25) is 11.8 Å². The molecule has 1 aliphatic heterocycles. The number of amides is 2. The number of hydroxylamine groups is 1. The van der Waals surface area contributed by atoms with Gasteiger partial charge in [0.25, 0.3) is 0 Å². The first-order valence-corrected chi connectivity index (χ1v) is 21.0. The minimum atomic E-state index is -0.509. The summed E-state index contributed by atoms with van der Waals surface area (Å²) in [4.78, 5) is 26.2. The zero-order valence-electron chi connectivity index (χ0n) is 33.5. The van der Waals surface area contributed by atoms with Crippen molar-refractivity contribution in [3.8, 4) is 11.1 Å². The maximum atomic E-state index is 12.3. The highest BCUT2D eigenvalue weighted by Gasteiger charge is 2.33. The first-order chi connectivity index (χ1) is 26.9. The molecular formula is C46H67N3O6. The van der Waals surface area contributed by atoms with E-state index in [1.165, 1.54) is 77.0 Å². The lowest BCUT2D eigenvalue weighted by atomic mass is 9.98. The van der Waals surface area contributed by atoms with Crippen molar-refractivity contribution in [2.45, 2.75) is 148 Å². The monoisotopic (exact) mass is 758 g/mol. The molecule has 302 valence electrons. The Bertz CT molecular complexity index is 1500. The fourth-order valence-corrected chi connectivity index (χ4v) is 7.29. The molecule has 0 bridgehead atoms. The molecule has 0 spiro atoms. The van der Waals surface area contributed by atoms with Crippen LogP contribution in [-0.2, 0) is 32.2 Å². The van der Waals surface area contributed by atoms with Gasteiger partial charge < -0.3 is 24.8 Å². The lowest BCUT2D eigenvalue weighted by Gasteiger charge is -2.38. The van der Waals surface area contributed by atoms with Gasteiger partial charge >= 0.3 is 0 Å². The van der Waals surface area contributed by atoms with Gasteiger partial charge in [-0.05, 0) is 66.2 Å². The lowest BCUT2D eigenvalue weighted by Crippen LogP contribution is -2.40. The number of hydrogen-bond acceptors (Lipinski definition) is 7. The van der Waals surface area contributed by atoms with Crippen molar-refractivity contribution in [3.05, 3.63) is 95.1 Å². The summed E-state index contributed by atoms with van der Waals surface area (Å²) in [7, 11) is 0. The molecule has 4 N–H and O–H groups in total. The molecule has 0 saturated carbocycles. The summed E-state index contributed by atoms with van der Waals surface area (Å²) >= 11 is 0. The molecule has 0 aromatic heterocycles. The first-order valence-electron chi connectivity index (χ1n) is 21.0. The van der Waals surface area contributed by atoms with Crippen LogP contribution in [0, 0.1) is 0 Å². The van der Waals surface area contributed by atoms with Crippen molar-refractivity contribution in [1.82, 2.24) is 15.7 Å². The number of nitrogens with one attached hydrogen (secondary N) is 2. The molecule has 1 saturated heterocycles. The molecule has 3 atom stereocenters. The normalized spacial score (nSPS) is 17.0. The van der Waals surface area contributed by atoms with Gasteiger partial charge in [0.1, 0.15) is 0 Å². The number of benzene rings is 3. The minimum absolute atomic E-state index is 0.0138. The number of rotatable bonds is 26. The van der Waals surface area contributed by atoms with Crippen molar-refractivity contribution in [3.63, 3.8) is 0 Å². The highest BCUT2D eigenvalue weighted by atomic mass is 16.7. The first kappa shape index (κ1) is 44.1. The van der Waals surface area contributed by atoms with E-state index in [1.54, 1.807) is 5.48 Å². The molecule has 9 nitrogen and oxygen atoms in total. The fourth-order valence-electron chi connectivity index (χ4n) is 7.29. The molecule has 9 heteroatoms. The topological polar surface area (TPSA) is 120 Å². The van der Waals surface area contributed by atoms with Crippen molar-refractivity contribution in [2.75, 3.05) is 19.6 Å². The third kappa shape index (κ3) is 16.2. The number of ether oxygens (including phenoxy) is 2. The lowest BCUT2D eigenvalue weighted by molar-refractivity contribution is -0.253. The summed E-state index contributed by atoms with van der Waals surface area (Å²) in [6.07, 6.45) is 16.3. The number of nitrogens with zero attached hydrogens (tertiary/aromatic N) is 1. The molecular weight excluding hydrogens is 691 g/mol. The van der Waals surface area contributed by atoms with Crippen LogP contribution >= 0.6 is 0 Å². The van der Waals surface area contributed by atoms with Gasteiger partial charge in [0, 0.05) is 37.9 Å². The largest absolute Gasteiger partial charge is 0.392 e. The van der Waals surface area contributed by atoms with Crippen LogP contribution in [0.5, 0.6) is 0 Å². The minimum Gasteiger partial charge on any atom is -0.392 e. The summed E-state index contributed by atoms with van der Waals surface area (Å²) in [6.45, 7) is 8.03. The SMILES string of the molecule is CCCCCCCCN(CCCCCCCC)C[C@@H]1C[C@H](c2ccc(CO)cc2)O[C@H](c2ccc(-c3cccc(CNC(=O)CCCC(=O)NO)c3)cc2)O1. The van der Waals surface area contributed by atoms with Crippen LogP contribution in [0.4, 0.5) is 0 Å². The van der Waals surface area contributed by atoms with Crippen molar-refractivity contribution in [2.24, 2.45) is 0 Å². The summed E-state index contributed by atoms with van der Waals surface area (Å²) in [6, 6.07) is 24.6. The molecule has 2 amide bonds. The highest BCUT2D eigenvalue weighted by Crippen LogP contribution is 2.39. The quantitative estimate of drug-likeness (QED) is 0.0366. The smallest absolute Gasteiger partial charge is 0.243 e. The number of aliphatic hydroxyl groups is 1. The van der Waals surface area contributed by atoms with Gasteiger partial charge in [-0.25, -0.2) is 5.48 Å². The molecule has 55 heavy (non-hydrogen) atoms. The number of carbonyl (C=O) groups excluding carboxylic acids is 2. The van der Waals surface area contributed by atoms with Crippen LogP contribution in [0.15, 0.2) is 72.8 Å². The van der Waals surface area contributed by atoms with E-state index in [9.17, 15) is 14.7 Å². The van der Waals surface area contributed by atoms with E-state index in [2.05, 4.69) is 72.6 Å². The molecule has 3 aromatic rings. The van der Waals surface area contributed by atoms with Gasteiger partial charge in [-0.1, -0.05) is 145 Å². The van der Waals surface area contributed by atoms with Gasteiger partial charge in [-0.15, -0.1) is 0 Å². The standard InChI is InChI=1S/C46H67N3O6/c1-3-5-7-9-11-13-29-49(30-14-12-10-8-6-4-2)34-42-32-43(39-23-21-36(35-50)22-24-39)55-46(54-42)40-27-25-38(26-28-40)41-18-15-17-37(31-41)33-47-44(51)19-16-20-45(52)48-53/h15,17-18,21-28,31,42-43,46,50,53H,3-14,16,19-20,29-30,32-35H2,1-2H3,(H,47,51)(H,48,52)/t42-,43+,46+/m0/s1. The van der Waals surface area contributed by atoms with Gasteiger partial charge in [0.05, 0.1) is 18.8 Å². The molecule has 0 aliphatic carbocycles. The molecule has 0 unspecified atom stereocenters.